The Morgan fingerprint density at radius 1 is 1.10 bits per heavy atom. The predicted molar refractivity (Wildman–Crippen MR) is 71.4 cm³/mol. The first-order valence-electron chi connectivity index (χ1n) is 5.98. The van der Waals surface area contributed by atoms with Gasteiger partial charge in [0.2, 0.25) is 5.91 Å². The molecule has 8 heteroatoms. The maximum Gasteiger partial charge on any atom is 0.330 e. The van der Waals surface area contributed by atoms with E-state index >= 15 is 0 Å². The van der Waals surface area contributed by atoms with E-state index in [1.165, 1.54) is 12.0 Å². The van der Waals surface area contributed by atoms with Crippen LogP contribution in [0.1, 0.15) is 0 Å². The number of carboxylic acids is 1. The number of amides is 1. The van der Waals surface area contributed by atoms with Crippen LogP contribution in [-0.4, -0.2) is 67.6 Å². The van der Waals surface area contributed by atoms with Crippen LogP contribution >= 0.6 is 0 Å². The topological polar surface area (TPSA) is 110 Å². The van der Waals surface area contributed by atoms with Crippen molar-refractivity contribution in [3.63, 3.8) is 0 Å². The van der Waals surface area contributed by atoms with Gasteiger partial charge in [-0.1, -0.05) is 0 Å². The second-order valence-corrected chi connectivity index (χ2v) is 3.65. The van der Waals surface area contributed by atoms with Crippen LogP contribution in [0.15, 0.2) is 24.3 Å². The Bertz CT molecular complexity index is 428. The molecular formula is C13H17NO7. The molecule has 0 bridgehead atoms. The van der Waals surface area contributed by atoms with E-state index < -0.39 is 17.8 Å². The summed E-state index contributed by atoms with van der Waals surface area (Å²) in [5, 5.41) is 8.46. The summed E-state index contributed by atoms with van der Waals surface area (Å²) < 4.78 is 9.61. The largest absolute Gasteiger partial charge is 0.478 e. The quantitative estimate of drug-likeness (QED) is 0.326. The molecule has 0 aliphatic rings. The number of aliphatic carboxylic acids is 1. The number of allylic oxidation sites excluding steroid dienone is 1. The normalized spacial score (nSPS) is 10.7. The highest BCUT2D eigenvalue weighted by molar-refractivity contribution is 5.94. The predicted octanol–water partition coefficient (Wildman–Crippen LogP) is -0.599. The van der Waals surface area contributed by atoms with Crippen LogP contribution in [0, 0.1) is 0 Å². The van der Waals surface area contributed by atoms with Crippen molar-refractivity contribution in [1.29, 1.82) is 0 Å². The van der Waals surface area contributed by atoms with Crippen molar-refractivity contribution in [2.24, 2.45) is 0 Å². The molecule has 0 saturated carbocycles. The van der Waals surface area contributed by atoms with Crippen molar-refractivity contribution in [1.82, 2.24) is 4.90 Å². The van der Waals surface area contributed by atoms with Crippen molar-refractivity contribution in [2.45, 2.75) is 0 Å². The number of carbonyl (C=O) groups excluding carboxylic acids is 3. The minimum atomic E-state index is -1.24. The zero-order valence-electron chi connectivity index (χ0n) is 11.6. The van der Waals surface area contributed by atoms with Gasteiger partial charge >= 0.3 is 11.9 Å². The Labute approximate surface area is 121 Å². The van der Waals surface area contributed by atoms with Crippen LogP contribution in [0.5, 0.6) is 0 Å². The van der Waals surface area contributed by atoms with Gasteiger partial charge in [0, 0.05) is 31.9 Å². The highest BCUT2D eigenvalue weighted by Crippen LogP contribution is 1.94. The van der Waals surface area contributed by atoms with Crippen molar-refractivity contribution < 1.29 is 33.8 Å². The molecule has 0 aromatic carbocycles. The van der Waals surface area contributed by atoms with E-state index in [0.717, 1.165) is 24.3 Å². The Morgan fingerprint density at radius 2 is 1.76 bits per heavy atom. The lowest BCUT2D eigenvalue weighted by molar-refractivity contribution is -0.140. The molecule has 0 aromatic heterocycles. The Hall–Kier alpha value is -2.48. The number of rotatable bonds is 10. The third kappa shape index (κ3) is 10.0. The molecule has 0 heterocycles. The fourth-order valence-corrected chi connectivity index (χ4v) is 1.20. The number of esters is 1. The average molecular weight is 299 g/mol. The summed E-state index contributed by atoms with van der Waals surface area (Å²) in [6, 6.07) is 0. The van der Waals surface area contributed by atoms with Crippen molar-refractivity contribution in [3.05, 3.63) is 24.3 Å². The molecule has 1 N–H and O–H groups in total. The van der Waals surface area contributed by atoms with Crippen LogP contribution in [0.3, 0.4) is 0 Å². The van der Waals surface area contributed by atoms with Crippen LogP contribution in [0.25, 0.3) is 0 Å². The van der Waals surface area contributed by atoms with Crippen LogP contribution in [0.2, 0.25) is 0 Å². The Morgan fingerprint density at radius 3 is 2.33 bits per heavy atom. The second kappa shape index (κ2) is 11.4. The van der Waals surface area contributed by atoms with Crippen molar-refractivity contribution in [3.8, 4) is 0 Å². The zero-order chi connectivity index (χ0) is 16.1. The molecule has 0 unspecified atom stereocenters. The fourth-order valence-electron chi connectivity index (χ4n) is 1.20. The number of methoxy groups -OCH3 is 1. The smallest absolute Gasteiger partial charge is 0.330 e. The number of aldehydes is 1. The first-order chi connectivity index (χ1) is 10.0. The monoisotopic (exact) mass is 299 g/mol. The van der Waals surface area contributed by atoms with E-state index in [2.05, 4.69) is 0 Å². The molecule has 21 heavy (non-hydrogen) atoms. The maximum atomic E-state index is 11.7. The lowest BCUT2D eigenvalue weighted by Crippen LogP contribution is -2.35. The molecule has 8 nitrogen and oxygen atoms in total. The summed E-state index contributed by atoms with van der Waals surface area (Å²) in [5.41, 5.74) is 0. The zero-order valence-corrected chi connectivity index (χ0v) is 11.6. The Balaban J connectivity index is 4.38. The number of ether oxygens (including phenoxy) is 2. The van der Waals surface area contributed by atoms with Crippen LogP contribution in [0.4, 0.5) is 0 Å². The number of hydrogen-bond acceptors (Lipinski definition) is 6. The highest BCUT2D eigenvalue weighted by atomic mass is 16.5. The van der Waals surface area contributed by atoms with E-state index in [4.69, 9.17) is 14.6 Å². The fraction of sp³-hybridized carbons (Fsp3) is 0.385. The van der Waals surface area contributed by atoms with Gasteiger partial charge in [0.05, 0.1) is 13.2 Å². The molecule has 116 valence electrons. The molecule has 0 aliphatic carbocycles. The van der Waals surface area contributed by atoms with Gasteiger partial charge < -0.3 is 19.5 Å². The summed E-state index contributed by atoms with van der Waals surface area (Å²) in [6.07, 6.45) is 4.02. The summed E-state index contributed by atoms with van der Waals surface area (Å²) in [7, 11) is 1.46. The summed E-state index contributed by atoms with van der Waals surface area (Å²) in [6.45, 7) is 0.470. The first-order valence-corrected chi connectivity index (χ1v) is 5.98. The van der Waals surface area contributed by atoms with Gasteiger partial charge in [0.1, 0.15) is 12.9 Å². The molecule has 0 rings (SSSR count). The lowest BCUT2D eigenvalue weighted by atomic mass is 10.4. The van der Waals surface area contributed by atoms with E-state index in [-0.39, 0.29) is 26.3 Å². The SMILES string of the molecule is COCCN(CCOC(=O)/C=C/C=O)C(=O)/C=C/C(=O)O. The Kier molecular flexibility index (Phi) is 10.0. The van der Waals surface area contributed by atoms with Crippen LogP contribution in [-0.2, 0) is 28.7 Å². The molecule has 0 radical (unpaired) electrons. The number of carboxylic acid groups (broad SMARTS) is 1. The van der Waals surface area contributed by atoms with Gasteiger partial charge in [-0.05, 0) is 6.08 Å². The standard InChI is InChI=1S/C13H17NO7/c1-20-9-6-14(11(16)4-5-12(17)18)7-10-21-13(19)3-2-8-15/h2-5,8H,6-7,9-10H2,1H3,(H,17,18)/b3-2+,5-4+. The molecular weight excluding hydrogens is 282 g/mol. The average Bonchev–Trinajstić information content (AvgIpc) is 2.45. The van der Waals surface area contributed by atoms with Gasteiger partial charge in [0.25, 0.3) is 0 Å². The molecule has 0 spiro atoms. The third-order valence-electron chi connectivity index (χ3n) is 2.16. The molecule has 0 aliphatic heterocycles. The second-order valence-electron chi connectivity index (χ2n) is 3.65. The maximum absolute atomic E-state index is 11.7. The number of hydrogen-bond donors (Lipinski definition) is 1. The lowest BCUT2D eigenvalue weighted by Gasteiger charge is -2.20. The van der Waals surface area contributed by atoms with Crippen LogP contribution < -0.4 is 0 Å². The van der Waals surface area contributed by atoms with Crippen molar-refractivity contribution >= 4 is 24.1 Å². The van der Waals surface area contributed by atoms with Gasteiger partial charge in [0.15, 0.2) is 0 Å². The first kappa shape index (κ1) is 18.5. The van der Waals surface area contributed by atoms with Gasteiger partial charge in [-0.15, -0.1) is 0 Å². The van der Waals surface area contributed by atoms with E-state index in [1.54, 1.807) is 0 Å². The van der Waals surface area contributed by atoms with E-state index in [0.29, 0.717) is 6.29 Å². The van der Waals surface area contributed by atoms with Gasteiger partial charge in [-0.2, -0.15) is 0 Å². The van der Waals surface area contributed by atoms with E-state index in [1.807, 2.05) is 0 Å². The highest BCUT2D eigenvalue weighted by Gasteiger charge is 2.11. The summed E-state index contributed by atoms with van der Waals surface area (Å²) >= 11 is 0. The van der Waals surface area contributed by atoms with Gasteiger partial charge in [-0.25, -0.2) is 9.59 Å². The third-order valence-corrected chi connectivity index (χ3v) is 2.16. The van der Waals surface area contributed by atoms with Gasteiger partial charge in [-0.3, -0.25) is 9.59 Å². The molecule has 0 aromatic rings. The molecule has 1 amide bonds. The number of carbonyl (C=O) groups is 4. The molecule has 0 fully saturated rings. The minimum Gasteiger partial charge on any atom is -0.478 e. The minimum absolute atomic E-state index is 0.0762. The molecule has 0 atom stereocenters. The summed E-state index contributed by atoms with van der Waals surface area (Å²) in [4.78, 5) is 44.5. The number of nitrogens with zero attached hydrogens (tertiary/aromatic N) is 1. The van der Waals surface area contributed by atoms with Crippen molar-refractivity contribution in [2.75, 3.05) is 33.4 Å². The summed E-state index contributed by atoms with van der Waals surface area (Å²) in [5.74, 6) is -2.48. The molecule has 0 saturated heterocycles. The van der Waals surface area contributed by atoms with E-state index in [9.17, 15) is 19.2 Å².